The summed E-state index contributed by atoms with van der Waals surface area (Å²) in [5, 5.41) is 3.25. The fourth-order valence-electron chi connectivity index (χ4n) is 1.82. The Hall–Kier alpha value is -1.26. The van der Waals surface area contributed by atoms with E-state index in [9.17, 15) is 4.79 Å². The van der Waals surface area contributed by atoms with E-state index in [0.29, 0.717) is 17.3 Å². The van der Waals surface area contributed by atoms with Gasteiger partial charge in [-0.1, -0.05) is 17.7 Å². The molecule has 1 aliphatic heterocycles. The lowest BCUT2D eigenvalue weighted by Gasteiger charge is -2.12. The van der Waals surface area contributed by atoms with Gasteiger partial charge in [0.05, 0.1) is 6.10 Å². The van der Waals surface area contributed by atoms with Crippen molar-refractivity contribution in [1.29, 1.82) is 0 Å². The van der Waals surface area contributed by atoms with Gasteiger partial charge < -0.3 is 9.47 Å². The lowest BCUT2D eigenvalue weighted by atomic mass is 10.2. The number of anilines is 1. The Morgan fingerprint density at radius 2 is 2.44 bits per heavy atom. The topological polar surface area (TPSA) is 47.6 Å². The lowest BCUT2D eigenvalue weighted by Crippen LogP contribution is -2.21. The van der Waals surface area contributed by atoms with Crippen molar-refractivity contribution >= 4 is 23.4 Å². The second kappa shape index (κ2) is 6.07. The molecule has 1 heterocycles. The molecule has 1 aliphatic rings. The van der Waals surface area contributed by atoms with Crippen LogP contribution in [0.2, 0.25) is 5.02 Å². The second-order valence-electron chi connectivity index (χ2n) is 4.32. The highest BCUT2D eigenvalue weighted by Crippen LogP contribution is 2.20. The molecule has 0 spiro atoms. The van der Waals surface area contributed by atoms with Gasteiger partial charge in [-0.2, -0.15) is 0 Å². The first-order valence-corrected chi connectivity index (χ1v) is 6.34. The quantitative estimate of drug-likeness (QED) is 0.915. The van der Waals surface area contributed by atoms with Crippen LogP contribution in [0.4, 0.5) is 10.5 Å². The summed E-state index contributed by atoms with van der Waals surface area (Å²) in [4.78, 5) is 11.6. The van der Waals surface area contributed by atoms with E-state index >= 15 is 0 Å². The normalized spacial score (nSPS) is 18.7. The van der Waals surface area contributed by atoms with Crippen molar-refractivity contribution in [2.75, 3.05) is 18.5 Å². The van der Waals surface area contributed by atoms with E-state index in [1.807, 2.05) is 13.0 Å². The molecule has 1 saturated heterocycles. The van der Waals surface area contributed by atoms with Crippen LogP contribution in [0.25, 0.3) is 0 Å². The Labute approximate surface area is 111 Å². The molecular formula is C13H16ClNO3. The molecule has 0 bridgehead atoms. The van der Waals surface area contributed by atoms with Gasteiger partial charge in [0.25, 0.3) is 0 Å². The first-order chi connectivity index (χ1) is 8.65. The number of hydrogen-bond acceptors (Lipinski definition) is 3. The fourth-order valence-corrected chi connectivity index (χ4v) is 1.99. The van der Waals surface area contributed by atoms with Gasteiger partial charge in [0, 0.05) is 17.3 Å². The van der Waals surface area contributed by atoms with E-state index in [1.165, 1.54) is 0 Å². The molecular weight excluding hydrogens is 254 g/mol. The van der Waals surface area contributed by atoms with Gasteiger partial charge in [-0.15, -0.1) is 0 Å². The Morgan fingerprint density at radius 1 is 1.61 bits per heavy atom. The highest BCUT2D eigenvalue weighted by Gasteiger charge is 2.17. The average Bonchev–Trinajstić information content (AvgIpc) is 2.84. The van der Waals surface area contributed by atoms with E-state index in [4.69, 9.17) is 21.1 Å². The number of aryl methyl sites for hydroxylation is 1. The number of halogens is 1. The van der Waals surface area contributed by atoms with Crippen LogP contribution in [0.5, 0.6) is 0 Å². The minimum atomic E-state index is -0.476. The number of amides is 1. The van der Waals surface area contributed by atoms with Gasteiger partial charge in [-0.05, 0) is 37.5 Å². The fraction of sp³-hybridized carbons (Fsp3) is 0.462. The van der Waals surface area contributed by atoms with Crippen LogP contribution in [-0.4, -0.2) is 25.4 Å². The zero-order valence-electron chi connectivity index (χ0n) is 10.2. The summed E-state index contributed by atoms with van der Waals surface area (Å²) in [5.41, 5.74) is 1.60. The molecule has 18 heavy (non-hydrogen) atoms. The predicted molar refractivity (Wildman–Crippen MR) is 70.1 cm³/mol. The minimum absolute atomic E-state index is 0.0382. The summed E-state index contributed by atoms with van der Waals surface area (Å²) < 4.78 is 10.5. The minimum Gasteiger partial charge on any atom is -0.447 e. The number of benzene rings is 1. The smallest absolute Gasteiger partial charge is 0.411 e. The third-order valence-electron chi connectivity index (χ3n) is 2.86. The molecule has 98 valence electrons. The maximum Gasteiger partial charge on any atom is 0.411 e. The summed E-state index contributed by atoms with van der Waals surface area (Å²) in [7, 11) is 0. The third kappa shape index (κ3) is 3.62. The van der Waals surface area contributed by atoms with E-state index in [2.05, 4.69) is 5.32 Å². The van der Waals surface area contributed by atoms with Crippen molar-refractivity contribution in [2.24, 2.45) is 0 Å². The van der Waals surface area contributed by atoms with Crippen molar-refractivity contribution in [2.45, 2.75) is 25.9 Å². The summed E-state index contributed by atoms with van der Waals surface area (Å²) in [5.74, 6) is 0. The molecule has 0 aliphatic carbocycles. The molecule has 0 unspecified atom stereocenters. The van der Waals surface area contributed by atoms with Gasteiger partial charge in [0.15, 0.2) is 0 Å². The van der Waals surface area contributed by atoms with E-state index in [-0.39, 0.29) is 6.10 Å². The van der Waals surface area contributed by atoms with Crippen LogP contribution in [0, 0.1) is 6.92 Å². The van der Waals surface area contributed by atoms with Crippen molar-refractivity contribution in [1.82, 2.24) is 0 Å². The maximum absolute atomic E-state index is 11.6. The highest BCUT2D eigenvalue weighted by molar-refractivity contribution is 6.30. The molecule has 1 N–H and O–H groups in total. The van der Waals surface area contributed by atoms with Crippen LogP contribution in [-0.2, 0) is 9.47 Å². The van der Waals surface area contributed by atoms with E-state index in [1.54, 1.807) is 12.1 Å². The highest BCUT2D eigenvalue weighted by atomic mass is 35.5. The largest absolute Gasteiger partial charge is 0.447 e. The van der Waals surface area contributed by atoms with Crippen molar-refractivity contribution in [3.63, 3.8) is 0 Å². The summed E-state index contributed by atoms with van der Waals surface area (Å²) >= 11 is 5.87. The molecule has 0 saturated carbocycles. The van der Waals surface area contributed by atoms with Gasteiger partial charge in [0.2, 0.25) is 0 Å². The van der Waals surface area contributed by atoms with Crippen molar-refractivity contribution < 1.29 is 14.3 Å². The molecule has 1 fully saturated rings. The molecule has 2 rings (SSSR count). The molecule has 1 aromatic rings. The van der Waals surface area contributed by atoms with Crippen LogP contribution >= 0.6 is 11.6 Å². The zero-order valence-corrected chi connectivity index (χ0v) is 11.0. The monoisotopic (exact) mass is 269 g/mol. The van der Waals surface area contributed by atoms with Gasteiger partial charge in [0.1, 0.15) is 6.61 Å². The predicted octanol–water partition coefficient (Wildman–Crippen LogP) is 3.38. The summed E-state index contributed by atoms with van der Waals surface area (Å²) in [6.45, 7) is 2.94. The standard InChI is InChI=1S/C13H16ClNO3/c1-9-4-5-10(14)7-12(9)15-13(16)18-8-11-3-2-6-17-11/h4-5,7,11H,2-3,6,8H2,1H3,(H,15,16)/t11-/m0/s1. The molecule has 1 amide bonds. The number of hydrogen-bond donors (Lipinski definition) is 1. The Bertz CT molecular complexity index is 430. The second-order valence-corrected chi connectivity index (χ2v) is 4.75. The Morgan fingerprint density at radius 3 is 3.17 bits per heavy atom. The van der Waals surface area contributed by atoms with Crippen molar-refractivity contribution in [3.05, 3.63) is 28.8 Å². The Balaban J connectivity index is 1.84. The molecule has 0 aromatic heterocycles. The van der Waals surface area contributed by atoms with Gasteiger partial charge in [-0.25, -0.2) is 4.79 Å². The molecule has 1 atom stereocenters. The number of carbonyl (C=O) groups excluding carboxylic acids is 1. The van der Waals surface area contributed by atoms with Crippen LogP contribution < -0.4 is 5.32 Å². The Kier molecular flexibility index (Phi) is 4.44. The average molecular weight is 270 g/mol. The summed E-state index contributed by atoms with van der Waals surface area (Å²) in [6, 6.07) is 5.32. The van der Waals surface area contributed by atoms with Crippen LogP contribution in [0.1, 0.15) is 18.4 Å². The van der Waals surface area contributed by atoms with Gasteiger partial charge in [-0.3, -0.25) is 5.32 Å². The van der Waals surface area contributed by atoms with Crippen LogP contribution in [0.3, 0.4) is 0 Å². The first kappa shape index (κ1) is 13.2. The first-order valence-electron chi connectivity index (χ1n) is 5.96. The summed E-state index contributed by atoms with van der Waals surface area (Å²) in [6.07, 6.45) is 1.54. The third-order valence-corrected chi connectivity index (χ3v) is 3.10. The number of ether oxygens (including phenoxy) is 2. The van der Waals surface area contributed by atoms with E-state index < -0.39 is 6.09 Å². The van der Waals surface area contributed by atoms with Gasteiger partial charge >= 0.3 is 6.09 Å². The zero-order chi connectivity index (χ0) is 13.0. The number of carbonyl (C=O) groups is 1. The SMILES string of the molecule is Cc1ccc(Cl)cc1NC(=O)OC[C@@H]1CCCO1. The molecule has 0 radical (unpaired) electrons. The van der Waals surface area contributed by atoms with E-state index in [0.717, 1.165) is 25.0 Å². The lowest BCUT2D eigenvalue weighted by molar-refractivity contribution is 0.0484. The molecule has 5 heteroatoms. The molecule has 4 nitrogen and oxygen atoms in total. The van der Waals surface area contributed by atoms with Crippen molar-refractivity contribution in [3.8, 4) is 0 Å². The maximum atomic E-state index is 11.6. The number of rotatable bonds is 3. The van der Waals surface area contributed by atoms with Crippen LogP contribution in [0.15, 0.2) is 18.2 Å². The molecule has 1 aromatic carbocycles. The number of nitrogens with one attached hydrogen (secondary N) is 1.